The van der Waals surface area contributed by atoms with Crippen LogP contribution < -0.4 is 5.32 Å². The van der Waals surface area contributed by atoms with Crippen LogP contribution in [0.25, 0.3) is 0 Å². The van der Waals surface area contributed by atoms with Gasteiger partial charge in [0.25, 0.3) is 0 Å². The van der Waals surface area contributed by atoms with E-state index >= 15 is 0 Å². The molecule has 15 heavy (non-hydrogen) atoms. The number of pyridine rings is 1. The van der Waals surface area contributed by atoms with Gasteiger partial charge in [-0.1, -0.05) is 0 Å². The Balaban J connectivity index is 2.68. The van der Waals surface area contributed by atoms with Crippen molar-refractivity contribution in [3.8, 4) is 11.8 Å². The van der Waals surface area contributed by atoms with Gasteiger partial charge >= 0.3 is 0 Å². The first-order chi connectivity index (χ1) is 7.27. The number of aryl methyl sites for hydroxylation is 1. The quantitative estimate of drug-likeness (QED) is 0.759. The highest BCUT2D eigenvalue weighted by molar-refractivity contribution is 5.17. The Kier molecular flexibility index (Phi) is 4.86. The molecule has 0 saturated carbocycles. The van der Waals surface area contributed by atoms with Crippen molar-refractivity contribution in [3.63, 3.8) is 0 Å². The molecule has 2 heteroatoms. The summed E-state index contributed by atoms with van der Waals surface area (Å²) in [7, 11) is 1.97. The maximum absolute atomic E-state index is 4.38. The second kappa shape index (κ2) is 6.21. The van der Waals surface area contributed by atoms with Crippen LogP contribution in [0.5, 0.6) is 0 Å². The van der Waals surface area contributed by atoms with Crippen LogP contribution in [-0.2, 0) is 0 Å². The summed E-state index contributed by atoms with van der Waals surface area (Å²) in [4.78, 5) is 4.38. The van der Waals surface area contributed by atoms with Crippen LogP contribution in [0.3, 0.4) is 0 Å². The first-order valence-electron chi connectivity index (χ1n) is 5.27. The maximum Gasteiger partial charge on any atom is 0.0576 e. The Morgan fingerprint density at radius 1 is 1.53 bits per heavy atom. The SMILES string of the molecule is CC#CCCC(NC)c1cc(C)ccn1. The third kappa shape index (κ3) is 3.73. The molecule has 0 spiro atoms. The number of aromatic nitrogens is 1. The fraction of sp³-hybridized carbons (Fsp3) is 0.462. The zero-order chi connectivity index (χ0) is 11.1. The molecule has 1 N–H and O–H groups in total. The Morgan fingerprint density at radius 2 is 2.33 bits per heavy atom. The number of hydrogen-bond acceptors (Lipinski definition) is 2. The van der Waals surface area contributed by atoms with Crippen molar-refractivity contribution in [2.45, 2.75) is 32.7 Å². The number of hydrogen-bond donors (Lipinski definition) is 1. The fourth-order valence-electron chi connectivity index (χ4n) is 1.53. The topological polar surface area (TPSA) is 24.9 Å². The Morgan fingerprint density at radius 3 is 2.93 bits per heavy atom. The summed E-state index contributed by atoms with van der Waals surface area (Å²) >= 11 is 0. The molecule has 0 aromatic carbocycles. The van der Waals surface area contributed by atoms with E-state index in [1.807, 2.05) is 26.2 Å². The van der Waals surface area contributed by atoms with Crippen molar-refractivity contribution in [2.75, 3.05) is 7.05 Å². The minimum atomic E-state index is 0.311. The molecular weight excluding hydrogens is 184 g/mol. The highest BCUT2D eigenvalue weighted by Gasteiger charge is 2.09. The van der Waals surface area contributed by atoms with Gasteiger partial charge in [-0.2, -0.15) is 0 Å². The van der Waals surface area contributed by atoms with Gasteiger partial charge in [-0.25, -0.2) is 0 Å². The molecule has 1 aromatic heterocycles. The zero-order valence-corrected chi connectivity index (χ0v) is 9.67. The van der Waals surface area contributed by atoms with E-state index in [1.54, 1.807) is 0 Å². The van der Waals surface area contributed by atoms with Crippen LogP contribution in [0.15, 0.2) is 18.3 Å². The second-order valence-electron chi connectivity index (χ2n) is 3.56. The van der Waals surface area contributed by atoms with Crippen LogP contribution in [0.4, 0.5) is 0 Å². The Labute approximate surface area is 92.1 Å². The molecule has 1 atom stereocenters. The summed E-state index contributed by atoms with van der Waals surface area (Å²) < 4.78 is 0. The highest BCUT2D eigenvalue weighted by atomic mass is 14.9. The molecule has 0 fully saturated rings. The monoisotopic (exact) mass is 202 g/mol. The van der Waals surface area contributed by atoms with Crippen molar-refractivity contribution in [1.29, 1.82) is 0 Å². The van der Waals surface area contributed by atoms with E-state index in [2.05, 4.69) is 35.1 Å². The van der Waals surface area contributed by atoms with Crippen molar-refractivity contribution < 1.29 is 0 Å². The predicted molar refractivity (Wildman–Crippen MR) is 63.5 cm³/mol. The summed E-state index contributed by atoms with van der Waals surface area (Å²) in [5, 5.41) is 3.27. The Hall–Kier alpha value is -1.33. The molecule has 1 aromatic rings. The summed E-state index contributed by atoms with van der Waals surface area (Å²) in [6.07, 6.45) is 3.78. The third-order valence-corrected chi connectivity index (χ3v) is 2.38. The lowest BCUT2D eigenvalue weighted by Crippen LogP contribution is -2.17. The molecule has 1 heterocycles. The van der Waals surface area contributed by atoms with Gasteiger partial charge in [0, 0.05) is 12.6 Å². The van der Waals surface area contributed by atoms with Gasteiger partial charge in [-0.05, 0) is 45.0 Å². The van der Waals surface area contributed by atoms with Gasteiger partial charge in [0.05, 0.1) is 11.7 Å². The first-order valence-corrected chi connectivity index (χ1v) is 5.27. The first kappa shape index (κ1) is 11.7. The van der Waals surface area contributed by atoms with Gasteiger partial charge in [-0.3, -0.25) is 4.98 Å². The number of nitrogens with zero attached hydrogens (tertiary/aromatic N) is 1. The summed E-state index contributed by atoms with van der Waals surface area (Å²) in [6, 6.07) is 4.45. The van der Waals surface area contributed by atoms with Crippen LogP contribution in [-0.4, -0.2) is 12.0 Å². The van der Waals surface area contributed by atoms with E-state index in [4.69, 9.17) is 0 Å². The van der Waals surface area contributed by atoms with Crippen LogP contribution in [0, 0.1) is 18.8 Å². The van der Waals surface area contributed by atoms with Gasteiger partial charge in [0.2, 0.25) is 0 Å². The average Bonchev–Trinajstić information content (AvgIpc) is 2.24. The van der Waals surface area contributed by atoms with Crippen LogP contribution in [0.1, 0.15) is 37.1 Å². The number of nitrogens with one attached hydrogen (secondary N) is 1. The molecule has 0 aliphatic carbocycles. The minimum absolute atomic E-state index is 0.311. The lowest BCUT2D eigenvalue weighted by atomic mass is 10.1. The maximum atomic E-state index is 4.38. The molecule has 80 valence electrons. The van der Waals surface area contributed by atoms with E-state index in [1.165, 1.54) is 5.56 Å². The second-order valence-corrected chi connectivity index (χ2v) is 3.56. The lowest BCUT2D eigenvalue weighted by molar-refractivity contribution is 0.544. The third-order valence-electron chi connectivity index (χ3n) is 2.38. The van der Waals surface area contributed by atoms with Gasteiger partial charge in [-0.15, -0.1) is 11.8 Å². The largest absolute Gasteiger partial charge is 0.312 e. The summed E-state index contributed by atoms with van der Waals surface area (Å²) in [5.41, 5.74) is 2.36. The fourth-order valence-corrected chi connectivity index (χ4v) is 1.53. The van der Waals surface area contributed by atoms with E-state index in [9.17, 15) is 0 Å². The van der Waals surface area contributed by atoms with Crippen molar-refractivity contribution in [1.82, 2.24) is 10.3 Å². The standard InChI is InChI=1S/C13H18N2/c1-4-5-6-7-12(14-3)13-10-11(2)8-9-15-13/h8-10,12,14H,6-7H2,1-3H3. The smallest absolute Gasteiger partial charge is 0.0576 e. The highest BCUT2D eigenvalue weighted by Crippen LogP contribution is 2.16. The van der Waals surface area contributed by atoms with E-state index in [0.29, 0.717) is 6.04 Å². The zero-order valence-electron chi connectivity index (χ0n) is 9.67. The minimum Gasteiger partial charge on any atom is -0.312 e. The summed E-state index contributed by atoms with van der Waals surface area (Å²) in [5.74, 6) is 5.99. The molecular formula is C13H18N2. The molecule has 0 amide bonds. The van der Waals surface area contributed by atoms with Crippen LogP contribution in [0.2, 0.25) is 0 Å². The molecule has 0 aliphatic rings. The van der Waals surface area contributed by atoms with Gasteiger partial charge in [0.15, 0.2) is 0 Å². The molecule has 0 bridgehead atoms. The molecule has 1 unspecified atom stereocenters. The Bertz CT molecular complexity index is 360. The average molecular weight is 202 g/mol. The van der Waals surface area contributed by atoms with Crippen molar-refractivity contribution in [3.05, 3.63) is 29.6 Å². The normalized spacial score (nSPS) is 11.7. The van der Waals surface area contributed by atoms with Crippen molar-refractivity contribution >= 4 is 0 Å². The summed E-state index contributed by atoms with van der Waals surface area (Å²) in [6.45, 7) is 3.96. The van der Waals surface area contributed by atoms with E-state index in [-0.39, 0.29) is 0 Å². The molecule has 0 saturated heterocycles. The van der Waals surface area contributed by atoms with E-state index < -0.39 is 0 Å². The van der Waals surface area contributed by atoms with Gasteiger partial charge < -0.3 is 5.32 Å². The molecule has 0 aliphatic heterocycles. The number of rotatable bonds is 4. The van der Waals surface area contributed by atoms with E-state index in [0.717, 1.165) is 18.5 Å². The van der Waals surface area contributed by atoms with Crippen molar-refractivity contribution in [2.24, 2.45) is 0 Å². The molecule has 1 rings (SSSR count). The van der Waals surface area contributed by atoms with Crippen LogP contribution >= 0.6 is 0 Å². The molecule has 0 radical (unpaired) electrons. The lowest BCUT2D eigenvalue weighted by Gasteiger charge is -2.14. The molecule has 2 nitrogen and oxygen atoms in total. The predicted octanol–water partition coefficient (Wildman–Crippen LogP) is 2.45. The van der Waals surface area contributed by atoms with Gasteiger partial charge in [0.1, 0.15) is 0 Å².